The predicted molar refractivity (Wildman–Crippen MR) is 76.5 cm³/mol. The second-order valence-electron chi connectivity index (χ2n) is 5.52. The summed E-state index contributed by atoms with van der Waals surface area (Å²) in [5, 5.41) is 21.5. The van der Waals surface area contributed by atoms with Gasteiger partial charge in [0.2, 0.25) is 0 Å². The average Bonchev–Trinajstić information content (AvgIpc) is 2.78. The monoisotopic (exact) mass is 290 g/mol. The third-order valence-electron chi connectivity index (χ3n) is 3.73. The number of benzene rings is 1. The molecule has 0 spiro atoms. The molecule has 1 atom stereocenters. The van der Waals surface area contributed by atoms with E-state index < -0.39 is 16.1 Å². The van der Waals surface area contributed by atoms with Crippen LogP contribution in [-0.2, 0) is 0 Å². The largest absolute Gasteiger partial charge is 0.388 e. The van der Waals surface area contributed by atoms with Crippen molar-refractivity contribution in [3.63, 3.8) is 0 Å². The first-order chi connectivity index (χ1) is 9.87. The lowest BCUT2D eigenvalue weighted by molar-refractivity contribution is -0.384. The number of H-pyrrole nitrogens is 1. The predicted octanol–water partition coefficient (Wildman–Crippen LogP) is 0.792. The molecule has 8 heteroatoms. The van der Waals surface area contributed by atoms with Gasteiger partial charge in [-0.3, -0.25) is 14.9 Å². The van der Waals surface area contributed by atoms with Gasteiger partial charge in [0.25, 0.3) is 11.2 Å². The summed E-state index contributed by atoms with van der Waals surface area (Å²) in [7, 11) is 0. The Balaban J connectivity index is 2.19. The van der Waals surface area contributed by atoms with E-state index in [1.807, 2.05) is 0 Å². The van der Waals surface area contributed by atoms with Gasteiger partial charge in [-0.05, 0) is 19.4 Å². The molecule has 0 bridgehead atoms. The minimum Gasteiger partial charge on any atom is -0.388 e. The molecule has 2 heterocycles. The maximum Gasteiger partial charge on any atom is 0.293 e. The minimum atomic E-state index is -0.871. The van der Waals surface area contributed by atoms with Gasteiger partial charge in [-0.2, -0.15) is 0 Å². The minimum absolute atomic E-state index is 0.154. The topological polar surface area (TPSA) is 112 Å². The number of nitrogens with one attached hydrogen (secondary N) is 1. The van der Waals surface area contributed by atoms with Gasteiger partial charge in [-0.15, -0.1) is 0 Å². The quantitative estimate of drug-likeness (QED) is 0.624. The van der Waals surface area contributed by atoms with Crippen molar-refractivity contribution >= 4 is 22.3 Å². The lowest BCUT2D eigenvalue weighted by Crippen LogP contribution is -2.30. The number of anilines is 1. The fourth-order valence-corrected chi connectivity index (χ4v) is 2.64. The third kappa shape index (κ3) is 2.33. The fraction of sp³-hybridized carbons (Fsp3) is 0.385. The number of fused-ring (bicyclic) bond motifs is 1. The van der Waals surface area contributed by atoms with Crippen LogP contribution in [0.4, 0.5) is 11.4 Å². The maximum absolute atomic E-state index is 11.7. The molecule has 8 nitrogen and oxygen atoms in total. The number of nitro benzene ring substituents is 1. The highest BCUT2D eigenvalue weighted by Crippen LogP contribution is 2.35. The number of hydrogen-bond donors (Lipinski definition) is 2. The smallest absolute Gasteiger partial charge is 0.293 e. The Bertz CT molecular complexity index is 783. The first-order valence-corrected chi connectivity index (χ1v) is 6.50. The van der Waals surface area contributed by atoms with Crippen molar-refractivity contribution < 1.29 is 10.0 Å². The van der Waals surface area contributed by atoms with Gasteiger partial charge >= 0.3 is 0 Å². The molecule has 0 amide bonds. The second kappa shape index (κ2) is 4.52. The van der Waals surface area contributed by atoms with E-state index in [1.165, 1.54) is 18.5 Å². The molecule has 2 aromatic rings. The van der Waals surface area contributed by atoms with Crippen LogP contribution in [0.1, 0.15) is 13.3 Å². The van der Waals surface area contributed by atoms with E-state index in [1.54, 1.807) is 11.8 Å². The van der Waals surface area contributed by atoms with Gasteiger partial charge < -0.3 is 15.0 Å². The van der Waals surface area contributed by atoms with Crippen molar-refractivity contribution in [2.24, 2.45) is 0 Å². The van der Waals surface area contributed by atoms with Crippen LogP contribution in [0.5, 0.6) is 0 Å². The van der Waals surface area contributed by atoms with Crippen LogP contribution in [-0.4, -0.2) is 38.7 Å². The zero-order chi connectivity index (χ0) is 15.2. The normalized spacial score (nSPS) is 21.9. The van der Waals surface area contributed by atoms with E-state index in [-0.39, 0.29) is 11.1 Å². The Hall–Kier alpha value is -2.48. The van der Waals surface area contributed by atoms with E-state index in [0.717, 1.165) is 0 Å². The van der Waals surface area contributed by atoms with Crippen molar-refractivity contribution in [2.75, 3.05) is 18.0 Å². The lowest BCUT2D eigenvalue weighted by Gasteiger charge is -2.20. The summed E-state index contributed by atoms with van der Waals surface area (Å²) in [6, 6.07) is 2.77. The number of nitrogens with zero attached hydrogens (tertiary/aromatic N) is 3. The highest BCUT2D eigenvalue weighted by molar-refractivity contribution is 5.87. The SMILES string of the molecule is CC1(O)CCN(c2cc3nc[nH]c(=O)c3cc2[N+](=O)[O-])C1. The van der Waals surface area contributed by atoms with Crippen molar-refractivity contribution in [2.45, 2.75) is 18.9 Å². The van der Waals surface area contributed by atoms with E-state index in [9.17, 15) is 20.0 Å². The summed E-state index contributed by atoms with van der Waals surface area (Å²) < 4.78 is 0. The molecular weight excluding hydrogens is 276 g/mol. The van der Waals surface area contributed by atoms with Crippen LogP contribution < -0.4 is 10.5 Å². The Labute approximate surface area is 119 Å². The van der Waals surface area contributed by atoms with E-state index >= 15 is 0 Å². The van der Waals surface area contributed by atoms with Crippen molar-refractivity contribution in [3.8, 4) is 0 Å². The molecule has 1 aromatic carbocycles. The summed E-state index contributed by atoms with van der Waals surface area (Å²) in [4.78, 5) is 30.7. The van der Waals surface area contributed by atoms with Crippen LogP contribution >= 0.6 is 0 Å². The average molecular weight is 290 g/mol. The molecule has 1 fully saturated rings. The summed E-state index contributed by atoms with van der Waals surface area (Å²) in [6.45, 7) is 2.52. The molecule has 0 saturated carbocycles. The Morgan fingerprint density at radius 2 is 2.29 bits per heavy atom. The van der Waals surface area contributed by atoms with E-state index in [2.05, 4.69) is 9.97 Å². The number of hydrogen-bond acceptors (Lipinski definition) is 6. The molecule has 0 aliphatic carbocycles. The van der Waals surface area contributed by atoms with Gasteiger partial charge in [-0.1, -0.05) is 0 Å². The Kier molecular flexibility index (Phi) is 2.91. The number of aromatic nitrogens is 2. The molecule has 1 aliphatic rings. The van der Waals surface area contributed by atoms with E-state index in [0.29, 0.717) is 30.7 Å². The number of aliphatic hydroxyl groups is 1. The number of aromatic amines is 1. The Morgan fingerprint density at radius 3 is 2.90 bits per heavy atom. The van der Waals surface area contributed by atoms with Crippen LogP contribution in [0.2, 0.25) is 0 Å². The van der Waals surface area contributed by atoms with Crippen molar-refractivity contribution in [3.05, 3.63) is 38.9 Å². The third-order valence-corrected chi connectivity index (χ3v) is 3.73. The van der Waals surface area contributed by atoms with Gasteiger partial charge in [0.1, 0.15) is 5.69 Å². The van der Waals surface area contributed by atoms with Gasteiger partial charge in [0.15, 0.2) is 0 Å². The maximum atomic E-state index is 11.7. The standard InChI is InChI=1S/C13H14N4O4/c1-13(19)2-3-16(6-13)10-5-9-8(4-11(10)17(20)21)12(18)15-7-14-9/h4-5,7,19H,2-3,6H2,1H3,(H,14,15,18). The molecule has 0 radical (unpaired) electrons. The summed E-state index contributed by atoms with van der Waals surface area (Å²) >= 11 is 0. The summed E-state index contributed by atoms with van der Waals surface area (Å²) in [5.74, 6) is 0. The lowest BCUT2D eigenvalue weighted by atomic mass is 10.1. The molecular formula is C13H14N4O4. The zero-order valence-electron chi connectivity index (χ0n) is 11.4. The fourth-order valence-electron chi connectivity index (χ4n) is 2.64. The highest BCUT2D eigenvalue weighted by atomic mass is 16.6. The van der Waals surface area contributed by atoms with Crippen LogP contribution in [0, 0.1) is 10.1 Å². The van der Waals surface area contributed by atoms with Gasteiger partial charge in [0.05, 0.1) is 27.8 Å². The van der Waals surface area contributed by atoms with Crippen LogP contribution in [0.15, 0.2) is 23.3 Å². The Morgan fingerprint density at radius 1 is 1.52 bits per heavy atom. The number of rotatable bonds is 2. The van der Waals surface area contributed by atoms with E-state index in [4.69, 9.17) is 0 Å². The van der Waals surface area contributed by atoms with Crippen molar-refractivity contribution in [1.82, 2.24) is 9.97 Å². The summed E-state index contributed by atoms with van der Waals surface area (Å²) in [6.07, 6.45) is 1.80. The first kappa shape index (κ1) is 13.5. The molecule has 1 aliphatic heterocycles. The molecule has 3 rings (SSSR count). The molecule has 1 aromatic heterocycles. The molecule has 1 unspecified atom stereocenters. The molecule has 2 N–H and O–H groups in total. The van der Waals surface area contributed by atoms with Crippen molar-refractivity contribution in [1.29, 1.82) is 0 Å². The molecule has 110 valence electrons. The van der Waals surface area contributed by atoms with Gasteiger partial charge in [-0.25, -0.2) is 4.98 Å². The number of β-amino-alcohol motifs (C(OH)–C–C–N with tert-alkyl or cyclic N) is 1. The second-order valence-corrected chi connectivity index (χ2v) is 5.52. The van der Waals surface area contributed by atoms with Gasteiger partial charge in [0, 0.05) is 19.2 Å². The number of nitro groups is 1. The molecule has 1 saturated heterocycles. The van der Waals surface area contributed by atoms with Crippen LogP contribution in [0.25, 0.3) is 10.9 Å². The highest BCUT2D eigenvalue weighted by Gasteiger charge is 2.34. The van der Waals surface area contributed by atoms with Crippen LogP contribution in [0.3, 0.4) is 0 Å². The molecule has 21 heavy (non-hydrogen) atoms. The first-order valence-electron chi connectivity index (χ1n) is 6.50. The zero-order valence-corrected chi connectivity index (χ0v) is 11.4. The summed E-state index contributed by atoms with van der Waals surface area (Å²) in [5.41, 5.74) is -0.666.